The Kier molecular flexibility index (Phi) is 1.86. The highest BCUT2D eigenvalue weighted by molar-refractivity contribution is 14.1. The number of nitrogens with zero attached hydrogens (tertiary/aromatic N) is 1. The van der Waals surface area contributed by atoms with Crippen LogP contribution in [0.2, 0.25) is 0 Å². The monoisotopic (exact) mass is 226 g/mol. The third kappa shape index (κ3) is 1.27. The van der Waals surface area contributed by atoms with E-state index in [9.17, 15) is 0 Å². The van der Waals surface area contributed by atoms with Crippen LogP contribution in [0.4, 0.5) is 5.00 Å². The summed E-state index contributed by atoms with van der Waals surface area (Å²) in [5, 5.41) is 1.10. The number of nitrogens with one attached hydrogen (secondary N) is 1. The Balaban J connectivity index is 2.76. The second kappa shape index (κ2) is 2.46. The van der Waals surface area contributed by atoms with Crippen LogP contribution in [0.25, 0.3) is 0 Å². The number of aromatic nitrogens is 1. The lowest BCUT2D eigenvalue weighted by Crippen LogP contribution is -1.66. The van der Waals surface area contributed by atoms with E-state index in [2.05, 4.69) is 31.4 Å². The van der Waals surface area contributed by atoms with Gasteiger partial charge in [0.2, 0.25) is 0 Å². The molecule has 0 atom stereocenters. The Hall–Kier alpha value is 0.160. The molecule has 4 heteroatoms. The Labute approximate surface area is 59.5 Å². The fraction of sp³-hybridized carbons (Fsp3) is 0. The van der Waals surface area contributed by atoms with E-state index in [-0.39, 0.29) is 0 Å². The highest BCUT2D eigenvalue weighted by Crippen LogP contribution is 2.13. The quantitative estimate of drug-likeness (QED) is 0.584. The summed E-state index contributed by atoms with van der Waals surface area (Å²) in [6.07, 6.45) is 1.79. The summed E-state index contributed by atoms with van der Waals surface area (Å²) in [6, 6.07) is 0. The predicted molar refractivity (Wildman–Crippen MR) is 39.8 cm³/mol. The van der Waals surface area contributed by atoms with Gasteiger partial charge in [-0.25, -0.2) is 0 Å². The zero-order valence-electron chi connectivity index (χ0n) is 3.39. The van der Waals surface area contributed by atoms with Gasteiger partial charge in [0.15, 0.2) is 0 Å². The molecule has 38 valence electrons. The molecule has 1 aromatic heterocycles. The van der Waals surface area contributed by atoms with Crippen LogP contribution in [0.3, 0.4) is 0 Å². The van der Waals surface area contributed by atoms with E-state index in [0.29, 0.717) is 0 Å². The zero-order valence-corrected chi connectivity index (χ0v) is 6.36. The summed E-state index contributed by atoms with van der Waals surface area (Å²) in [5.74, 6) is 0. The third-order valence-corrected chi connectivity index (χ3v) is 2.16. The number of halogens is 1. The molecule has 0 aliphatic heterocycles. The van der Waals surface area contributed by atoms with Gasteiger partial charge in [0.25, 0.3) is 0 Å². The fourth-order valence-electron chi connectivity index (χ4n) is 0.262. The first-order valence-corrected chi connectivity index (χ1v) is 3.64. The minimum absolute atomic E-state index is 1.10. The van der Waals surface area contributed by atoms with E-state index in [0.717, 1.165) is 5.00 Å². The van der Waals surface area contributed by atoms with E-state index in [1.54, 1.807) is 23.0 Å². The Morgan fingerprint density at radius 1 is 1.86 bits per heavy atom. The fourth-order valence-corrected chi connectivity index (χ4v) is 1.18. The molecule has 0 radical (unpaired) electrons. The van der Waals surface area contributed by atoms with Crippen LogP contribution in [-0.2, 0) is 0 Å². The molecule has 0 amide bonds. The Morgan fingerprint density at radius 3 is 3.00 bits per heavy atom. The Morgan fingerprint density at radius 2 is 2.71 bits per heavy atom. The molecule has 0 aliphatic carbocycles. The van der Waals surface area contributed by atoms with Crippen molar-refractivity contribution in [1.29, 1.82) is 0 Å². The van der Waals surface area contributed by atoms with Gasteiger partial charge in [-0.15, -0.1) is 11.3 Å². The van der Waals surface area contributed by atoms with Gasteiger partial charge in [-0.2, -0.15) is 0 Å². The first kappa shape index (κ1) is 5.30. The third-order valence-electron chi connectivity index (χ3n) is 0.525. The van der Waals surface area contributed by atoms with Crippen LogP contribution >= 0.6 is 34.2 Å². The lowest BCUT2D eigenvalue weighted by atomic mass is 10.9. The molecule has 0 fully saturated rings. The molecule has 1 heterocycles. The molecule has 0 spiro atoms. The molecule has 0 aromatic carbocycles. The minimum atomic E-state index is 1.10. The van der Waals surface area contributed by atoms with Crippen molar-refractivity contribution < 1.29 is 0 Å². The van der Waals surface area contributed by atoms with Gasteiger partial charge in [0, 0.05) is 0 Å². The summed E-state index contributed by atoms with van der Waals surface area (Å²) in [6.45, 7) is 0. The summed E-state index contributed by atoms with van der Waals surface area (Å²) in [7, 11) is 0. The standard InChI is InChI=1S/C3H3IN2S/c4-6-3-1-5-2-7-3/h1-2,6H. The first-order chi connectivity index (χ1) is 3.43. The van der Waals surface area contributed by atoms with E-state index in [1.807, 2.05) is 0 Å². The molecule has 0 saturated carbocycles. The normalized spacial score (nSPS) is 8.71. The zero-order chi connectivity index (χ0) is 5.11. The summed E-state index contributed by atoms with van der Waals surface area (Å²) >= 11 is 3.66. The van der Waals surface area contributed by atoms with Crippen molar-refractivity contribution in [3.63, 3.8) is 0 Å². The molecule has 1 N–H and O–H groups in total. The summed E-state index contributed by atoms with van der Waals surface area (Å²) < 4.78 is 2.93. The largest absolute Gasteiger partial charge is 0.319 e. The first-order valence-electron chi connectivity index (χ1n) is 1.68. The second-order valence-corrected chi connectivity index (χ2v) is 2.39. The number of anilines is 1. The van der Waals surface area contributed by atoms with Crippen molar-refractivity contribution in [1.82, 2.24) is 4.98 Å². The summed E-state index contributed by atoms with van der Waals surface area (Å²) in [5.41, 5.74) is 1.79. The highest BCUT2D eigenvalue weighted by Gasteiger charge is 1.83. The van der Waals surface area contributed by atoms with Crippen LogP contribution in [0.15, 0.2) is 11.7 Å². The molecular formula is C3H3IN2S. The van der Waals surface area contributed by atoms with Crippen LogP contribution in [0.5, 0.6) is 0 Å². The smallest absolute Gasteiger partial charge is 0.117 e. The van der Waals surface area contributed by atoms with E-state index < -0.39 is 0 Å². The average Bonchev–Trinajstić information content (AvgIpc) is 2.14. The van der Waals surface area contributed by atoms with Crippen LogP contribution < -0.4 is 3.53 Å². The molecule has 0 unspecified atom stereocenters. The van der Waals surface area contributed by atoms with Crippen molar-refractivity contribution >= 4 is 39.2 Å². The topological polar surface area (TPSA) is 24.9 Å². The average molecular weight is 226 g/mol. The van der Waals surface area contributed by atoms with Crippen molar-refractivity contribution in [3.8, 4) is 0 Å². The van der Waals surface area contributed by atoms with E-state index in [4.69, 9.17) is 0 Å². The molecule has 1 rings (SSSR count). The highest BCUT2D eigenvalue weighted by atomic mass is 127. The lowest BCUT2D eigenvalue weighted by Gasteiger charge is -1.81. The van der Waals surface area contributed by atoms with Crippen LogP contribution in [-0.4, -0.2) is 4.98 Å². The number of thiazole rings is 1. The van der Waals surface area contributed by atoms with Gasteiger partial charge in [-0.3, -0.25) is 4.98 Å². The van der Waals surface area contributed by atoms with Crippen LogP contribution in [0, 0.1) is 0 Å². The van der Waals surface area contributed by atoms with Crippen molar-refractivity contribution in [2.45, 2.75) is 0 Å². The molecule has 2 nitrogen and oxygen atoms in total. The second-order valence-electron chi connectivity index (χ2n) is 0.960. The van der Waals surface area contributed by atoms with Gasteiger partial charge in [0.1, 0.15) is 5.00 Å². The molecule has 0 bridgehead atoms. The molecule has 1 aromatic rings. The maximum absolute atomic E-state index is 3.84. The van der Waals surface area contributed by atoms with Gasteiger partial charge in [-0.1, -0.05) is 0 Å². The number of rotatable bonds is 1. The lowest BCUT2D eigenvalue weighted by molar-refractivity contribution is 1.43. The van der Waals surface area contributed by atoms with Crippen LogP contribution in [0.1, 0.15) is 0 Å². The SMILES string of the molecule is INc1cncs1. The van der Waals surface area contributed by atoms with Gasteiger partial charge in [-0.05, 0) is 0 Å². The molecule has 7 heavy (non-hydrogen) atoms. The maximum atomic E-state index is 3.84. The molecule has 0 saturated heterocycles. The van der Waals surface area contributed by atoms with Crippen molar-refractivity contribution in [3.05, 3.63) is 11.7 Å². The molecule has 0 aliphatic rings. The minimum Gasteiger partial charge on any atom is -0.319 e. The predicted octanol–water partition coefficient (Wildman–Crippen LogP) is 1.91. The number of hydrogen-bond donors (Lipinski definition) is 1. The van der Waals surface area contributed by atoms with Gasteiger partial charge < -0.3 is 3.53 Å². The van der Waals surface area contributed by atoms with E-state index >= 15 is 0 Å². The number of hydrogen-bond acceptors (Lipinski definition) is 3. The maximum Gasteiger partial charge on any atom is 0.117 e. The van der Waals surface area contributed by atoms with Crippen molar-refractivity contribution in [2.24, 2.45) is 0 Å². The van der Waals surface area contributed by atoms with Gasteiger partial charge >= 0.3 is 0 Å². The van der Waals surface area contributed by atoms with Crippen molar-refractivity contribution in [2.75, 3.05) is 3.53 Å². The van der Waals surface area contributed by atoms with Gasteiger partial charge in [0.05, 0.1) is 34.6 Å². The van der Waals surface area contributed by atoms with E-state index in [1.165, 1.54) is 0 Å². The molecular weight excluding hydrogens is 223 g/mol. The summed E-state index contributed by atoms with van der Waals surface area (Å²) in [4.78, 5) is 3.84. The Bertz CT molecular complexity index is 127.